The molecular formula is C13H22HfO5. The van der Waals surface area contributed by atoms with Crippen molar-refractivity contribution in [1.29, 1.82) is 0 Å². The Hall–Kier alpha value is -0.200. The van der Waals surface area contributed by atoms with Crippen molar-refractivity contribution in [3.63, 3.8) is 0 Å². The number of carbonyl (C=O) groups excluding carboxylic acids is 3. The molecule has 0 aromatic carbocycles. The van der Waals surface area contributed by atoms with Crippen molar-refractivity contribution >= 4 is 17.3 Å². The first-order valence-corrected chi connectivity index (χ1v) is 6.20. The van der Waals surface area contributed by atoms with Crippen molar-refractivity contribution in [3.8, 4) is 0 Å². The summed E-state index contributed by atoms with van der Waals surface area (Å²) >= 11 is 0. The van der Waals surface area contributed by atoms with Crippen LogP contribution >= 0.6 is 0 Å². The van der Waals surface area contributed by atoms with E-state index in [4.69, 9.17) is 9.47 Å². The van der Waals surface area contributed by atoms with E-state index in [1.807, 2.05) is 13.8 Å². The van der Waals surface area contributed by atoms with Crippen molar-refractivity contribution in [2.75, 3.05) is 19.8 Å². The molecule has 0 fully saturated rings. The summed E-state index contributed by atoms with van der Waals surface area (Å²) in [6, 6.07) is 0. The summed E-state index contributed by atoms with van der Waals surface area (Å²) in [5, 5.41) is 0. The van der Waals surface area contributed by atoms with Gasteiger partial charge in [0.1, 0.15) is 6.61 Å². The number of ether oxygens (including phenoxy) is 2. The molecule has 0 radical (unpaired) electrons. The third-order valence-corrected chi connectivity index (χ3v) is 2.49. The van der Waals surface area contributed by atoms with Gasteiger partial charge in [0, 0.05) is 39.1 Å². The fourth-order valence-corrected chi connectivity index (χ4v) is 1.59. The molecule has 5 nitrogen and oxygen atoms in total. The second-order valence-electron chi connectivity index (χ2n) is 4.12. The van der Waals surface area contributed by atoms with E-state index in [-0.39, 0.29) is 39.1 Å². The molecule has 108 valence electrons. The Bertz CT molecular complexity index is 300. The van der Waals surface area contributed by atoms with Gasteiger partial charge in [-0.15, -0.1) is 0 Å². The van der Waals surface area contributed by atoms with Crippen LogP contribution in [-0.2, 0) is 49.7 Å². The average Bonchev–Trinajstić information content (AvgIpc) is 2.29. The van der Waals surface area contributed by atoms with Crippen LogP contribution in [-0.4, -0.2) is 42.8 Å². The van der Waals surface area contributed by atoms with E-state index in [1.54, 1.807) is 0 Å². The van der Waals surface area contributed by atoms with Crippen molar-refractivity contribution in [2.45, 2.75) is 46.1 Å². The minimum atomic E-state index is -1.98. The van der Waals surface area contributed by atoms with Gasteiger partial charge in [0.25, 0.3) is 0 Å². The third-order valence-electron chi connectivity index (χ3n) is 2.49. The summed E-state index contributed by atoms with van der Waals surface area (Å²) in [7, 11) is 0. The molecular weight excluding hydrogens is 415 g/mol. The Morgan fingerprint density at radius 3 is 1.79 bits per heavy atom. The topological polar surface area (TPSA) is 69.7 Å². The summed E-state index contributed by atoms with van der Waals surface area (Å²) in [5.41, 5.74) is -1.98. The Labute approximate surface area is 133 Å². The SMILES string of the molecule is CCCOCC(=O)C(OCCC)(C(C)=O)C(C)=O.[Hf]. The smallest absolute Gasteiger partial charge is 0.244 e. The number of hydrogen-bond acceptors (Lipinski definition) is 5. The van der Waals surface area contributed by atoms with Gasteiger partial charge in [0.05, 0.1) is 0 Å². The van der Waals surface area contributed by atoms with Gasteiger partial charge in [-0.05, 0) is 26.7 Å². The fourth-order valence-electron chi connectivity index (χ4n) is 1.59. The molecule has 0 aromatic rings. The second kappa shape index (κ2) is 10.6. The molecule has 0 aliphatic rings. The molecule has 0 saturated carbocycles. The Balaban J connectivity index is 0. The van der Waals surface area contributed by atoms with Gasteiger partial charge in [0.2, 0.25) is 11.4 Å². The first-order chi connectivity index (χ1) is 8.43. The zero-order valence-corrected chi connectivity index (χ0v) is 15.7. The first kappa shape index (κ1) is 21.1. The Kier molecular flexibility index (Phi) is 11.7. The van der Waals surface area contributed by atoms with Crippen LogP contribution in [0.25, 0.3) is 0 Å². The van der Waals surface area contributed by atoms with Crippen LogP contribution in [0.5, 0.6) is 0 Å². The molecule has 0 N–H and O–H groups in total. The van der Waals surface area contributed by atoms with Gasteiger partial charge in [-0.2, -0.15) is 0 Å². The molecule has 0 heterocycles. The summed E-state index contributed by atoms with van der Waals surface area (Å²) in [5.74, 6) is -1.80. The molecule has 0 aliphatic heterocycles. The zero-order valence-electron chi connectivity index (χ0n) is 12.1. The largest absolute Gasteiger partial charge is 0.374 e. The van der Waals surface area contributed by atoms with Crippen LogP contribution in [0.2, 0.25) is 0 Å². The van der Waals surface area contributed by atoms with Crippen LogP contribution in [0.1, 0.15) is 40.5 Å². The molecule has 0 amide bonds. The predicted molar refractivity (Wildman–Crippen MR) is 66.5 cm³/mol. The monoisotopic (exact) mass is 438 g/mol. The van der Waals surface area contributed by atoms with Gasteiger partial charge >= 0.3 is 0 Å². The number of hydrogen-bond donors (Lipinski definition) is 0. The molecule has 0 atom stereocenters. The minimum Gasteiger partial charge on any atom is -0.374 e. The molecule has 0 bridgehead atoms. The van der Waals surface area contributed by atoms with Crippen LogP contribution in [0.15, 0.2) is 0 Å². The number of Topliss-reactive ketones (excluding diaryl/α,β-unsaturated/α-hetero) is 3. The third kappa shape index (κ3) is 5.75. The van der Waals surface area contributed by atoms with E-state index < -0.39 is 23.0 Å². The van der Waals surface area contributed by atoms with Gasteiger partial charge in [0.15, 0.2) is 11.6 Å². The van der Waals surface area contributed by atoms with Crippen molar-refractivity contribution in [2.24, 2.45) is 0 Å². The number of carbonyl (C=O) groups is 3. The molecule has 0 unspecified atom stereocenters. The summed E-state index contributed by atoms with van der Waals surface area (Å²) in [6.07, 6.45) is 1.38. The summed E-state index contributed by atoms with van der Waals surface area (Å²) < 4.78 is 10.4. The first-order valence-electron chi connectivity index (χ1n) is 6.20. The summed E-state index contributed by atoms with van der Waals surface area (Å²) in [4.78, 5) is 35.4. The van der Waals surface area contributed by atoms with Gasteiger partial charge < -0.3 is 9.47 Å². The van der Waals surface area contributed by atoms with Crippen LogP contribution in [0, 0.1) is 0 Å². The van der Waals surface area contributed by atoms with Gasteiger partial charge in [-0.1, -0.05) is 13.8 Å². The quantitative estimate of drug-likeness (QED) is 0.293. The van der Waals surface area contributed by atoms with Crippen LogP contribution < -0.4 is 0 Å². The van der Waals surface area contributed by atoms with E-state index >= 15 is 0 Å². The summed E-state index contributed by atoms with van der Waals surface area (Å²) in [6.45, 7) is 6.43. The maximum Gasteiger partial charge on any atom is 0.244 e. The fraction of sp³-hybridized carbons (Fsp3) is 0.769. The standard InChI is InChI=1S/C13H22O5.Hf/c1-5-7-17-9-12(16)13(10(3)14,11(4)15)18-8-6-2;/h5-9H2,1-4H3;. The number of ketones is 3. The minimum absolute atomic E-state index is 0. The van der Waals surface area contributed by atoms with E-state index in [0.29, 0.717) is 13.0 Å². The molecule has 0 aliphatic carbocycles. The van der Waals surface area contributed by atoms with E-state index in [2.05, 4.69) is 0 Å². The molecule has 0 saturated heterocycles. The van der Waals surface area contributed by atoms with E-state index in [1.165, 1.54) is 13.8 Å². The van der Waals surface area contributed by atoms with E-state index in [0.717, 1.165) is 6.42 Å². The van der Waals surface area contributed by atoms with Crippen molar-refractivity contribution in [1.82, 2.24) is 0 Å². The normalized spacial score (nSPS) is 10.7. The van der Waals surface area contributed by atoms with Gasteiger partial charge in [-0.3, -0.25) is 14.4 Å². The maximum atomic E-state index is 12.0. The second-order valence-corrected chi connectivity index (χ2v) is 4.12. The Morgan fingerprint density at radius 2 is 1.42 bits per heavy atom. The predicted octanol–water partition coefficient (Wildman–Crippen LogP) is 1.32. The average molecular weight is 437 g/mol. The van der Waals surface area contributed by atoms with E-state index in [9.17, 15) is 14.4 Å². The Morgan fingerprint density at radius 1 is 0.947 bits per heavy atom. The molecule has 6 heteroatoms. The zero-order chi connectivity index (χ0) is 14.2. The van der Waals surface area contributed by atoms with Crippen LogP contribution in [0.3, 0.4) is 0 Å². The van der Waals surface area contributed by atoms with Crippen molar-refractivity contribution < 1.29 is 49.7 Å². The maximum absolute atomic E-state index is 12.0. The molecule has 0 spiro atoms. The van der Waals surface area contributed by atoms with Crippen molar-refractivity contribution in [3.05, 3.63) is 0 Å². The van der Waals surface area contributed by atoms with Gasteiger partial charge in [-0.25, -0.2) is 0 Å². The molecule has 19 heavy (non-hydrogen) atoms. The number of rotatable bonds is 10. The van der Waals surface area contributed by atoms with Crippen LogP contribution in [0.4, 0.5) is 0 Å². The molecule has 0 rings (SSSR count). The molecule has 0 aromatic heterocycles.